The number of hydrazine groups is 1. The maximum absolute atomic E-state index is 12.5. The number of amides is 3. The van der Waals surface area contributed by atoms with E-state index in [0.29, 0.717) is 33.5 Å². The number of hydrogen-bond acceptors (Lipinski definition) is 4. The second-order valence-electron chi connectivity index (χ2n) is 7.31. The van der Waals surface area contributed by atoms with Crippen LogP contribution in [-0.2, 0) is 9.59 Å². The molecule has 0 aliphatic rings. The van der Waals surface area contributed by atoms with Gasteiger partial charge in [-0.3, -0.25) is 25.2 Å². The van der Waals surface area contributed by atoms with Gasteiger partial charge in [0.25, 0.3) is 5.91 Å². The molecule has 0 aliphatic carbocycles. The first kappa shape index (κ1) is 24.7. The molecule has 0 bridgehead atoms. The Kier molecular flexibility index (Phi) is 9.33. The minimum atomic E-state index is -0.521. The van der Waals surface area contributed by atoms with Crippen LogP contribution in [0.25, 0.3) is 0 Å². The van der Waals surface area contributed by atoms with Crippen LogP contribution in [-0.4, -0.2) is 24.3 Å². The van der Waals surface area contributed by atoms with E-state index >= 15 is 0 Å². The van der Waals surface area contributed by atoms with Crippen molar-refractivity contribution in [3.8, 4) is 5.75 Å². The predicted octanol–water partition coefficient (Wildman–Crippen LogP) is 4.63. The minimum absolute atomic E-state index is 0.0483. The second kappa shape index (κ2) is 11.7. The van der Waals surface area contributed by atoms with E-state index in [1.165, 1.54) is 0 Å². The molecule has 2 rings (SSSR count). The second-order valence-corrected chi connectivity index (χ2v) is 8.63. The van der Waals surface area contributed by atoms with E-state index in [1.54, 1.807) is 43.3 Å². The lowest BCUT2D eigenvalue weighted by Gasteiger charge is -2.14. The highest BCUT2D eigenvalue weighted by Gasteiger charge is 2.15. The topological polar surface area (TPSA) is 96.5 Å². The van der Waals surface area contributed by atoms with E-state index in [-0.39, 0.29) is 24.3 Å². The van der Waals surface area contributed by atoms with Crippen molar-refractivity contribution in [3.63, 3.8) is 0 Å². The zero-order valence-corrected chi connectivity index (χ0v) is 19.9. The predicted molar refractivity (Wildman–Crippen MR) is 124 cm³/mol. The minimum Gasteiger partial charge on any atom is -0.492 e. The van der Waals surface area contributed by atoms with Crippen LogP contribution in [0.1, 0.15) is 42.6 Å². The zero-order chi connectivity index (χ0) is 23.0. The summed E-state index contributed by atoms with van der Waals surface area (Å²) in [5.41, 5.74) is 6.30. The lowest BCUT2D eigenvalue weighted by atomic mass is 10.2. The van der Waals surface area contributed by atoms with Crippen molar-refractivity contribution in [2.75, 3.05) is 11.9 Å². The van der Waals surface area contributed by atoms with Gasteiger partial charge in [-0.25, -0.2) is 0 Å². The Morgan fingerprint density at radius 2 is 1.77 bits per heavy atom. The number of anilines is 1. The number of hydrogen-bond donors (Lipinski definition) is 3. The Bertz CT molecular complexity index is 966. The SMILES string of the molecule is Cc1c(Cl)cccc1NC(=O)CCC(=O)NNC(=O)c1cc(Br)ccc1OCC(C)C. The van der Waals surface area contributed by atoms with Crippen molar-refractivity contribution in [1.82, 2.24) is 10.9 Å². The Balaban J connectivity index is 1.85. The molecule has 0 saturated heterocycles. The van der Waals surface area contributed by atoms with E-state index in [9.17, 15) is 14.4 Å². The van der Waals surface area contributed by atoms with Gasteiger partial charge < -0.3 is 10.1 Å². The normalized spacial score (nSPS) is 10.5. The molecular weight excluding hydrogens is 486 g/mol. The smallest absolute Gasteiger partial charge is 0.273 e. The maximum Gasteiger partial charge on any atom is 0.273 e. The molecule has 3 amide bonds. The van der Waals surface area contributed by atoms with Crippen molar-refractivity contribution in [3.05, 3.63) is 57.0 Å². The fraction of sp³-hybridized carbons (Fsp3) is 0.318. The van der Waals surface area contributed by atoms with Gasteiger partial charge in [0.1, 0.15) is 5.75 Å². The van der Waals surface area contributed by atoms with Crippen LogP contribution in [0.15, 0.2) is 40.9 Å². The lowest BCUT2D eigenvalue weighted by Crippen LogP contribution is -2.42. The first-order chi connectivity index (χ1) is 14.7. The summed E-state index contributed by atoms with van der Waals surface area (Å²) in [6, 6.07) is 10.3. The fourth-order valence-electron chi connectivity index (χ4n) is 2.50. The van der Waals surface area contributed by atoms with Crippen molar-refractivity contribution >= 4 is 50.9 Å². The number of ether oxygens (including phenoxy) is 1. The third kappa shape index (κ3) is 7.88. The van der Waals surface area contributed by atoms with Crippen LogP contribution in [0.4, 0.5) is 5.69 Å². The van der Waals surface area contributed by atoms with Crippen LogP contribution in [0.5, 0.6) is 5.75 Å². The Labute approximate surface area is 195 Å². The summed E-state index contributed by atoms with van der Waals surface area (Å²) in [4.78, 5) is 36.7. The summed E-state index contributed by atoms with van der Waals surface area (Å²) >= 11 is 9.36. The summed E-state index contributed by atoms with van der Waals surface area (Å²) in [7, 11) is 0. The van der Waals surface area contributed by atoms with Crippen molar-refractivity contribution < 1.29 is 19.1 Å². The number of rotatable bonds is 8. The molecule has 7 nitrogen and oxygen atoms in total. The van der Waals surface area contributed by atoms with E-state index in [0.717, 1.165) is 5.56 Å². The van der Waals surface area contributed by atoms with Crippen LogP contribution in [0.3, 0.4) is 0 Å². The number of nitrogens with one attached hydrogen (secondary N) is 3. The molecule has 0 heterocycles. The maximum atomic E-state index is 12.5. The molecule has 2 aromatic rings. The van der Waals surface area contributed by atoms with Crippen LogP contribution in [0.2, 0.25) is 5.02 Å². The zero-order valence-electron chi connectivity index (χ0n) is 17.6. The van der Waals surface area contributed by atoms with Crippen molar-refractivity contribution in [2.45, 2.75) is 33.6 Å². The van der Waals surface area contributed by atoms with Gasteiger partial charge in [0.05, 0.1) is 12.2 Å². The molecule has 0 fully saturated rings. The third-order valence-electron chi connectivity index (χ3n) is 4.19. The average Bonchev–Trinajstić information content (AvgIpc) is 2.72. The van der Waals surface area contributed by atoms with Crippen molar-refractivity contribution in [1.29, 1.82) is 0 Å². The molecule has 0 radical (unpaired) electrons. The van der Waals surface area contributed by atoms with Gasteiger partial charge in [0.15, 0.2) is 0 Å². The number of carbonyl (C=O) groups excluding carboxylic acids is 3. The van der Waals surface area contributed by atoms with Gasteiger partial charge in [-0.15, -0.1) is 0 Å². The van der Waals surface area contributed by atoms with Crippen LogP contribution >= 0.6 is 27.5 Å². The third-order valence-corrected chi connectivity index (χ3v) is 5.10. The van der Waals surface area contributed by atoms with E-state index in [4.69, 9.17) is 16.3 Å². The molecular formula is C22H25BrClN3O4. The first-order valence-electron chi connectivity index (χ1n) is 9.74. The molecule has 0 saturated carbocycles. The molecule has 2 aromatic carbocycles. The molecule has 0 spiro atoms. The lowest BCUT2D eigenvalue weighted by molar-refractivity contribution is -0.124. The Morgan fingerprint density at radius 3 is 2.48 bits per heavy atom. The van der Waals surface area contributed by atoms with Gasteiger partial charge in [-0.1, -0.05) is 47.4 Å². The number of carbonyl (C=O) groups is 3. The number of halogens is 2. The highest BCUT2D eigenvalue weighted by atomic mass is 79.9. The fourth-order valence-corrected chi connectivity index (χ4v) is 3.04. The molecule has 0 unspecified atom stereocenters. The highest BCUT2D eigenvalue weighted by molar-refractivity contribution is 9.10. The molecule has 31 heavy (non-hydrogen) atoms. The Morgan fingerprint density at radius 1 is 1.06 bits per heavy atom. The quantitative estimate of drug-likeness (QED) is 0.451. The average molecular weight is 511 g/mol. The molecule has 3 N–H and O–H groups in total. The van der Waals surface area contributed by atoms with Crippen LogP contribution in [0, 0.1) is 12.8 Å². The van der Waals surface area contributed by atoms with Gasteiger partial charge >= 0.3 is 0 Å². The Hall–Kier alpha value is -2.58. The largest absolute Gasteiger partial charge is 0.492 e. The van der Waals surface area contributed by atoms with Crippen molar-refractivity contribution in [2.24, 2.45) is 5.92 Å². The van der Waals surface area contributed by atoms with E-state index in [2.05, 4.69) is 32.1 Å². The molecule has 0 atom stereocenters. The number of benzene rings is 2. The molecule has 0 aliphatic heterocycles. The highest BCUT2D eigenvalue weighted by Crippen LogP contribution is 2.24. The first-order valence-corrected chi connectivity index (χ1v) is 10.9. The van der Waals surface area contributed by atoms with Gasteiger partial charge in [0.2, 0.25) is 11.8 Å². The summed E-state index contributed by atoms with van der Waals surface area (Å²) in [5, 5.41) is 3.27. The summed E-state index contributed by atoms with van der Waals surface area (Å²) in [6.07, 6.45) is -0.145. The summed E-state index contributed by atoms with van der Waals surface area (Å²) < 4.78 is 6.38. The van der Waals surface area contributed by atoms with E-state index in [1.807, 2.05) is 13.8 Å². The summed E-state index contributed by atoms with van der Waals surface area (Å²) in [5.74, 6) is -0.636. The van der Waals surface area contributed by atoms with Gasteiger partial charge in [0, 0.05) is 28.0 Å². The monoisotopic (exact) mass is 509 g/mol. The van der Waals surface area contributed by atoms with Crippen LogP contribution < -0.4 is 20.9 Å². The molecule has 0 aromatic heterocycles. The van der Waals surface area contributed by atoms with Gasteiger partial charge in [-0.05, 0) is 48.7 Å². The summed E-state index contributed by atoms with van der Waals surface area (Å²) in [6.45, 7) is 6.25. The molecule has 166 valence electrons. The standard InChI is InChI=1S/C22H25BrClN3O4/c1-13(2)12-31-19-8-7-15(23)11-16(19)22(30)27-26-21(29)10-9-20(28)25-18-6-4-5-17(24)14(18)3/h4-8,11,13H,9-10,12H2,1-3H3,(H,25,28)(H,26,29)(H,27,30). The van der Waals surface area contributed by atoms with Gasteiger partial charge in [-0.2, -0.15) is 0 Å². The molecule has 9 heteroatoms. The van der Waals surface area contributed by atoms with E-state index < -0.39 is 11.8 Å².